The molecule has 1 aromatic carbocycles. The summed E-state index contributed by atoms with van der Waals surface area (Å²) in [6.07, 6.45) is 0.301. The van der Waals surface area contributed by atoms with Crippen molar-refractivity contribution < 1.29 is 14.3 Å². The van der Waals surface area contributed by atoms with Crippen molar-refractivity contribution in [2.45, 2.75) is 12.5 Å². The van der Waals surface area contributed by atoms with Crippen LogP contribution in [0.25, 0.3) is 0 Å². The summed E-state index contributed by atoms with van der Waals surface area (Å²) in [5, 5.41) is 0. The molecule has 1 aromatic rings. The SMILES string of the molecule is COc1ccc(N(C)C(=O)C2CC(=O)N2C)cc1. The van der Waals surface area contributed by atoms with Gasteiger partial charge in [-0.1, -0.05) is 0 Å². The first kappa shape index (κ1) is 12.4. The summed E-state index contributed by atoms with van der Waals surface area (Å²) in [4.78, 5) is 26.3. The molecule has 1 unspecified atom stereocenters. The molecule has 1 aliphatic heterocycles. The first-order chi connectivity index (χ1) is 8.54. The summed E-state index contributed by atoms with van der Waals surface area (Å²) >= 11 is 0. The highest BCUT2D eigenvalue weighted by Crippen LogP contribution is 2.23. The lowest BCUT2D eigenvalue weighted by Crippen LogP contribution is -2.57. The number of β-lactam (4-membered cyclic amide) rings is 1. The standard InChI is InChI=1S/C13H16N2O3/c1-14(9-4-6-10(18-3)7-5-9)13(17)11-8-12(16)15(11)2/h4-7,11H,8H2,1-3H3. The Morgan fingerprint density at radius 1 is 1.39 bits per heavy atom. The lowest BCUT2D eigenvalue weighted by atomic mass is 10.0. The van der Waals surface area contributed by atoms with Crippen molar-refractivity contribution in [3.05, 3.63) is 24.3 Å². The van der Waals surface area contributed by atoms with E-state index in [0.717, 1.165) is 11.4 Å². The Morgan fingerprint density at radius 2 is 2.00 bits per heavy atom. The molecule has 5 nitrogen and oxygen atoms in total. The van der Waals surface area contributed by atoms with Gasteiger partial charge in [0.25, 0.3) is 0 Å². The number of ether oxygens (including phenoxy) is 1. The fourth-order valence-electron chi connectivity index (χ4n) is 1.92. The van der Waals surface area contributed by atoms with E-state index in [-0.39, 0.29) is 17.9 Å². The zero-order valence-electron chi connectivity index (χ0n) is 10.7. The number of nitrogens with zero attached hydrogens (tertiary/aromatic N) is 2. The van der Waals surface area contributed by atoms with Crippen molar-refractivity contribution in [3.63, 3.8) is 0 Å². The molecule has 96 valence electrons. The second kappa shape index (κ2) is 4.68. The summed E-state index contributed by atoms with van der Waals surface area (Å²) in [6, 6.07) is 6.91. The number of carbonyl (C=O) groups excluding carboxylic acids is 2. The molecular weight excluding hydrogens is 232 g/mol. The second-order valence-electron chi connectivity index (χ2n) is 4.32. The minimum atomic E-state index is -0.329. The van der Waals surface area contributed by atoms with Crippen molar-refractivity contribution in [1.29, 1.82) is 0 Å². The Hall–Kier alpha value is -2.04. The molecule has 1 atom stereocenters. The predicted octanol–water partition coefficient (Wildman–Crippen LogP) is 0.889. The van der Waals surface area contributed by atoms with Crippen molar-refractivity contribution in [2.75, 3.05) is 26.1 Å². The highest BCUT2D eigenvalue weighted by atomic mass is 16.5. The van der Waals surface area contributed by atoms with Gasteiger partial charge >= 0.3 is 0 Å². The number of likely N-dealkylation sites (N-methyl/N-ethyl adjacent to an activating group) is 2. The van der Waals surface area contributed by atoms with Gasteiger partial charge < -0.3 is 14.5 Å². The van der Waals surface area contributed by atoms with Crippen molar-refractivity contribution in [1.82, 2.24) is 4.90 Å². The molecule has 1 heterocycles. The van der Waals surface area contributed by atoms with Crippen LogP contribution in [0.15, 0.2) is 24.3 Å². The minimum Gasteiger partial charge on any atom is -0.497 e. The van der Waals surface area contributed by atoms with Gasteiger partial charge in [-0.15, -0.1) is 0 Å². The van der Waals surface area contributed by atoms with E-state index in [1.807, 2.05) is 12.1 Å². The van der Waals surface area contributed by atoms with Crippen LogP contribution in [0.3, 0.4) is 0 Å². The van der Waals surface area contributed by atoms with Gasteiger partial charge in [-0.2, -0.15) is 0 Å². The fourth-order valence-corrected chi connectivity index (χ4v) is 1.92. The summed E-state index contributed by atoms with van der Waals surface area (Å²) in [5.74, 6) is 0.689. The molecule has 0 N–H and O–H groups in total. The number of hydrogen-bond donors (Lipinski definition) is 0. The monoisotopic (exact) mass is 248 g/mol. The van der Waals surface area contributed by atoms with Crippen LogP contribution in [-0.2, 0) is 9.59 Å². The van der Waals surface area contributed by atoms with E-state index in [4.69, 9.17) is 4.74 Å². The van der Waals surface area contributed by atoms with E-state index >= 15 is 0 Å². The van der Waals surface area contributed by atoms with Crippen LogP contribution in [0.5, 0.6) is 5.75 Å². The normalized spacial score (nSPS) is 18.3. The molecule has 0 aromatic heterocycles. The number of likely N-dealkylation sites (tertiary alicyclic amines) is 1. The summed E-state index contributed by atoms with van der Waals surface area (Å²) in [5.41, 5.74) is 0.786. The highest BCUT2D eigenvalue weighted by Gasteiger charge is 2.39. The van der Waals surface area contributed by atoms with Crippen LogP contribution in [0.2, 0.25) is 0 Å². The van der Waals surface area contributed by atoms with E-state index in [1.165, 1.54) is 4.90 Å². The zero-order chi connectivity index (χ0) is 13.3. The Bertz CT molecular complexity index is 470. The quantitative estimate of drug-likeness (QED) is 0.746. The van der Waals surface area contributed by atoms with Gasteiger partial charge in [0.15, 0.2) is 0 Å². The molecule has 2 rings (SSSR count). The second-order valence-corrected chi connectivity index (χ2v) is 4.32. The van der Waals surface area contributed by atoms with Crippen molar-refractivity contribution >= 4 is 17.5 Å². The number of rotatable bonds is 3. The number of methoxy groups -OCH3 is 1. The van der Waals surface area contributed by atoms with Gasteiger partial charge in [-0.3, -0.25) is 9.59 Å². The summed E-state index contributed by atoms with van der Waals surface area (Å²) in [7, 11) is 4.95. The van der Waals surface area contributed by atoms with Gasteiger partial charge in [0.1, 0.15) is 11.8 Å². The van der Waals surface area contributed by atoms with Gasteiger partial charge in [0.2, 0.25) is 11.8 Å². The number of hydrogen-bond acceptors (Lipinski definition) is 3. The first-order valence-corrected chi connectivity index (χ1v) is 5.72. The van der Waals surface area contributed by atoms with Gasteiger partial charge in [0, 0.05) is 19.8 Å². The van der Waals surface area contributed by atoms with Gasteiger partial charge in [-0.05, 0) is 24.3 Å². The minimum absolute atomic E-state index is 0.0106. The maximum atomic E-state index is 12.1. The molecule has 0 aliphatic carbocycles. The molecule has 0 spiro atoms. The Morgan fingerprint density at radius 3 is 2.44 bits per heavy atom. The lowest BCUT2D eigenvalue weighted by Gasteiger charge is -2.38. The Kier molecular flexibility index (Phi) is 3.23. The van der Waals surface area contributed by atoms with Crippen molar-refractivity contribution in [2.24, 2.45) is 0 Å². The number of anilines is 1. The van der Waals surface area contributed by atoms with Crippen LogP contribution in [0.1, 0.15) is 6.42 Å². The molecule has 0 bridgehead atoms. The molecule has 0 saturated carbocycles. The smallest absolute Gasteiger partial charge is 0.250 e. The van der Waals surface area contributed by atoms with E-state index in [9.17, 15) is 9.59 Å². The molecule has 1 saturated heterocycles. The highest BCUT2D eigenvalue weighted by molar-refractivity contribution is 6.04. The lowest BCUT2D eigenvalue weighted by molar-refractivity contribution is -0.150. The van der Waals surface area contributed by atoms with E-state index in [2.05, 4.69) is 0 Å². The van der Waals surface area contributed by atoms with Crippen LogP contribution in [0, 0.1) is 0 Å². The van der Waals surface area contributed by atoms with Crippen LogP contribution in [0.4, 0.5) is 5.69 Å². The van der Waals surface area contributed by atoms with Crippen LogP contribution < -0.4 is 9.64 Å². The third-order valence-corrected chi connectivity index (χ3v) is 3.30. The predicted molar refractivity (Wildman–Crippen MR) is 67.6 cm³/mol. The van der Waals surface area contributed by atoms with Crippen LogP contribution >= 0.6 is 0 Å². The summed E-state index contributed by atoms with van der Waals surface area (Å²) < 4.78 is 5.06. The fraction of sp³-hybridized carbons (Fsp3) is 0.385. The van der Waals surface area contributed by atoms with Crippen LogP contribution in [-0.4, -0.2) is 44.0 Å². The molecule has 1 aliphatic rings. The number of benzene rings is 1. The maximum absolute atomic E-state index is 12.1. The largest absolute Gasteiger partial charge is 0.497 e. The van der Waals surface area contributed by atoms with Crippen molar-refractivity contribution in [3.8, 4) is 5.75 Å². The Balaban J connectivity index is 2.08. The van der Waals surface area contributed by atoms with Gasteiger partial charge in [-0.25, -0.2) is 0 Å². The van der Waals surface area contributed by atoms with Gasteiger partial charge in [0.05, 0.1) is 13.5 Å². The average molecular weight is 248 g/mol. The molecule has 5 heteroatoms. The topological polar surface area (TPSA) is 49.9 Å². The van der Waals surface area contributed by atoms with E-state index < -0.39 is 0 Å². The Labute approximate surface area is 106 Å². The third kappa shape index (κ3) is 2.03. The first-order valence-electron chi connectivity index (χ1n) is 5.72. The molecule has 0 radical (unpaired) electrons. The molecule has 18 heavy (non-hydrogen) atoms. The van der Waals surface area contributed by atoms with E-state index in [0.29, 0.717) is 6.42 Å². The zero-order valence-corrected chi connectivity index (χ0v) is 10.7. The summed E-state index contributed by atoms with van der Waals surface area (Å²) in [6.45, 7) is 0. The maximum Gasteiger partial charge on any atom is 0.250 e. The average Bonchev–Trinajstić information content (AvgIpc) is 2.42. The molecule has 2 amide bonds. The molecule has 1 fully saturated rings. The number of amides is 2. The molecular formula is C13H16N2O3. The van der Waals surface area contributed by atoms with E-state index in [1.54, 1.807) is 38.2 Å². The number of carbonyl (C=O) groups is 2. The third-order valence-electron chi connectivity index (χ3n) is 3.30.